The molecule has 18 heavy (non-hydrogen) atoms. The lowest BCUT2D eigenvalue weighted by Gasteiger charge is -2.45. The number of ether oxygens (including phenoxy) is 1. The zero-order valence-corrected chi connectivity index (χ0v) is 11.4. The van der Waals surface area contributed by atoms with Crippen LogP contribution >= 0.6 is 0 Å². The minimum absolute atomic E-state index is 0.559. The Morgan fingerprint density at radius 1 is 1.06 bits per heavy atom. The van der Waals surface area contributed by atoms with Gasteiger partial charge in [-0.3, -0.25) is 4.90 Å². The molecule has 0 saturated carbocycles. The molecule has 1 aromatic rings. The standard InChI is InChI=1S/C16H23NO/c1-12-10-18-11-13(2)17(12)16-8-7-14-5-3-4-6-15(14)9-16/h3-6,12-13,16H,7-11H2,1-2H3. The molecule has 1 aromatic carbocycles. The van der Waals surface area contributed by atoms with Crippen molar-refractivity contribution in [3.63, 3.8) is 0 Å². The third kappa shape index (κ3) is 2.19. The van der Waals surface area contributed by atoms with Crippen molar-refractivity contribution >= 4 is 0 Å². The van der Waals surface area contributed by atoms with E-state index in [1.165, 1.54) is 19.3 Å². The van der Waals surface area contributed by atoms with E-state index < -0.39 is 0 Å². The van der Waals surface area contributed by atoms with Gasteiger partial charge >= 0.3 is 0 Å². The highest BCUT2D eigenvalue weighted by Crippen LogP contribution is 2.28. The highest BCUT2D eigenvalue weighted by molar-refractivity contribution is 5.30. The van der Waals surface area contributed by atoms with Gasteiger partial charge in [-0.05, 0) is 44.2 Å². The quantitative estimate of drug-likeness (QED) is 0.754. The second kappa shape index (κ2) is 5.02. The van der Waals surface area contributed by atoms with E-state index in [0.717, 1.165) is 13.2 Å². The molecule has 3 rings (SSSR count). The largest absolute Gasteiger partial charge is 0.378 e. The van der Waals surface area contributed by atoms with Gasteiger partial charge in [0.05, 0.1) is 13.2 Å². The first kappa shape index (κ1) is 12.2. The zero-order chi connectivity index (χ0) is 12.5. The smallest absolute Gasteiger partial charge is 0.0620 e. The van der Waals surface area contributed by atoms with Crippen molar-refractivity contribution in [1.29, 1.82) is 0 Å². The summed E-state index contributed by atoms with van der Waals surface area (Å²) in [5.41, 5.74) is 3.11. The molecule has 1 heterocycles. The Morgan fingerprint density at radius 3 is 2.44 bits per heavy atom. The fraction of sp³-hybridized carbons (Fsp3) is 0.625. The number of hydrogen-bond donors (Lipinski definition) is 0. The lowest BCUT2D eigenvalue weighted by atomic mass is 9.86. The first-order valence-corrected chi connectivity index (χ1v) is 7.17. The van der Waals surface area contributed by atoms with Gasteiger partial charge in [-0.1, -0.05) is 24.3 Å². The van der Waals surface area contributed by atoms with Crippen molar-refractivity contribution in [3.8, 4) is 0 Å². The first-order valence-electron chi connectivity index (χ1n) is 7.17. The summed E-state index contributed by atoms with van der Waals surface area (Å²) >= 11 is 0. The van der Waals surface area contributed by atoms with Crippen LogP contribution < -0.4 is 0 Å². The van der Waals surface area contributed by atoms with Crippen LogP contribution in [0.15, 0.2) is 24.3 Å². The van der Waals surface area contributed by atoms with E-state index in [1.54, 1.807) is 11.1 Å². The van der Waals surface area contributed by atoms with Gasteiger partial charge in [0.25, 0.3) is 0 Å². The Kier molecular flexibility index (Phi) is 3.40. The van der Waals surface area contributed by atoms with E-state index in [0.29, 0.717) is 18.1 Å². The van der Waals surface area contributed by atoms with Gasteiger partial charge in [-0.25, -0.2) is 0 Å². The Hall–Kier alpha value is -0.860. The molecule has 0 bridgehead atoms. The van der Waals surface area contributed by atoms with Crippen molar-refractivity contribution in [1.82, 2.24) is 4.90 Å². The fourth-order valence-corrected chi connectivity index (χ4v) is 3.67. The van der Waals surface area contributed by atoms with Crippen molar-refractivity contribution in [2.75, 3.05) is 13.2 Å². The van der Waals surface area contributed by atoms with Crippen LogP contribution in [0.2, 0.25) is 0 Å². The zero-order valence-electron chi connectivity index (χ0n) is 11.4. The summed E-state index contributed by atoms with van der Waals surface area (Å²) in [5, 5.41) is 0. The minimum Gasteiger partial charge on any atom is -0.378 e. The summed E-state index contributed by atoms with van der Waals surface area (Å²) in [6.45, 7) is 6.39. The molecular formula is C16H23NO. The van der Waals surface area contributed by atoms with Crippen LogP contribution in [0.4, 0.5) is 0 Å². The second-order valence-electron chi connectivity index (χ2n) is 5.85. The Balaban J connectivity index is 1.78. The number of nitrogens with zero attached hydrogens (tertiary/aromatic N) is 1. The van der Waals surface area contributed by atoms with Crippen LogP contribution in [0, 0.1) is 0 Å². The van der Waals surface area contributed by atoms with Crippen LogP contribution in [-0.2, 0) is 17.6 Å². The van der Waals surface area contributed by atoms with Crippen molar-refractivity contribution in [3.05, 3.63) is 35.4 Å². The predicted molar refractivity (Wildman–Crippen MR) is 73.8 cm³/mol. The molecule has 2 aliphatic rings. The molecule has 0 radical (unpaired) electrons. The SMILES string of the molecule is CC1COCC(C)N1C1CCc2ccccc2C1. The molecule has 1 aliphatic heterocycles. The Bertz CT molecular complexity index is 407. The van der Waals surface area contributed by atoms with Crippen LogP contribution in [0.1, 0.15) is 31.4 Å². The van der Waals surface area contributed by atoms with E-state index in [9.17, 15) is 0 Å². The van der Waals surface area contributed by atoms with Crippen molar-refractivity contribution in [2.45, 2.75) is 51.2 Å². The van der Waals surface area contributed by atoms with Gasteiger partial charge in [-0.15, -0.1) is 0 Å². The fourth-order valence-electron chi connectivity index (χ4n) is 3.67. The molecule has 3 unspecified atom stereocenters. The molecular weight excluding hydrogens is 222 g/mol. The number of aryl methyl sites for hydroxylation is 1. The molecule has 3 atom stereocenters. The first-order chi connectivity index (χ1) is 8.75. The number of benzene rings is 1. The summed E-state index contributed by atoms with van der Waals surface area (Å²) in [7, 11) is 0. The van der Waals surface area contributed by atoms with Gasteiger partial charge in [0.2, 0.25) is 0 Å². The molecule has 0 N–H and O–H groups in total. The van der Waals surface area contributed by atoms with E-state index in [-0.39, 0.29) is 0 Å². The lowest BCUT2D eigenvalue weighted by molar-refractivity contribution is -0.0604. The minimum atomic E-state index is 0.559. The van der Waals surface area contributed by atoms with Crippen molar-refractivity contribution in [2.24, 2.45) is 0 Å². The Labute approximate surface area is 110 Å². The predicted octanol–water partition coefficient (Wildman–Crippen LogP) is 2.65. The summed E-state index contributed by atoms with van der Waals surface area (Å²) in [4.78, 5) is 2.69. The number of hydrogen-bond acceptors (Lipinski definition) is 2. The molecule has 2 heteroatoms. The van der Waals surface area contributed by atoms with Crippen molar-refractivity contribution < 1.29 is 4.74 Å². The maximum atomic E-state index is 5.64. The molecule has 1 saturated heterocycles. The van der Waals surface area contributed by atoms with E-state index >= 15 is 0 Å². The average Bonchev–Trinajstić information content (AvgIpc) is 2.38. The topological polar surface area (TPSA) is 12.5 Å². The summed E-state index contributed by atoms with van der Waals surface area (Å²) in [6, 6.07) is 10.8. The molecule has 1 aliphatic carbocycles. The third-order valence-corrected chi connectivity index (χ3v) is 4.48. The van der Waals surface area contributed by atoms with Gasteiger partial charge in [0, 0.05) is 18.1 Å². The van der Waals surface area contributed by atoms with Gasteiger partial charge < -0.3 is 4.74 Å². The second-order valence-corrected chi connectivity index (χ2v) is 5.85. The van der Waals surface area contributed by atoms with Gasteiger partial charge in [-0.2, -0.15) is 0 Å². The maximum absolute atomic E-state index is 5.64. The van der Waals surface area contributed by atoms with Gasteiger partial charge in [0.1, 0.15) is 0 Å². The third-order valence-electron chi connectivity index (χ3n) is 4.48. The van der Waals surface area contributed by atoms with E-state index in [4.69, 9.17) is 4.74 Å². The molecule has 0 spiro atoms. The summed E-state index contributed by atoms with van der Waals surface area (Å²) < 4.78 is 5.64. The normalized spacial score (nSPS) is 33.1. The summed E-state index contributed by atoms with van der Waals surface area (Å²) in [5.74, 6) is 0. The highest BCUT2D eigenvalue weighted by atomic mass is 16.5. The monoisotopic (exact) mass is 245 g/mol. The van der Waals surface area contributed by atoms with E-state index in [2.05, 4.69) is 43.0 Å². The molecule has 0 amide bonds. The Morgan fingerprint density at radius 2 is 1.72 bits per heavy atom. The molecule has 98 valence electrons. The summed E-state index contributed by atoms with van der Waals surface area (Å²) in [6.07, 6.45) is 3.74. The van der Waals surface area contributed by atoms with Crippen LogP contribution in [0.25, 0.3) is 0 Å². The highest BCUT2D eigenvalue weighted by Gasteiger charge is 2.33. The number of rotatable bonds is 1. The lowest BCUT2D eigenvalue weighted by Crippen LogP contribution is -2.55. The van der Waals surface area contributed by atoms with Crippen LogP contribution in [0.5, 0.6) is 0 Å². The molecule has 2 nitrogen and oxygen atoms in total. The average molecular weight is 245 g/mol. The van der Waals surface area contributed by atoms with Gasteiger partial charge in [0.15, 0.2) is 0 Å². The molecule has 0 aromatic heterocycles. The van der Waals surface area contributed by atoms with Crippen LogP contribution in [0.3, 0.4) is 0 Å². The van der Waals surface area contributed by atoms with E-state index in [1.807, 2.05) is 0 Å². The number of fused-ring (bicyclic) bond motifs is 1. The maximum Gasteiger partial charge on any atom is 0.0620 e. The number of morpholine rings is 1. The molecule has 1 fully saturated rings. The van der Waals surface area contributed by atoms with Crippen LogP contribution in [-0.4, -0.2) is 36.2 Å².